The zero-order chi connectivity index (χ0) is 19.2. The molecule has 4 heteroatoms. The van der Waals surface area contributed by atoms with Crippen LogP contribution in [0.5, 0.6) is 0 Å². The van der Waals surface area contributed by atoms with E-state index < -0.39 is 0 Å². The molecule has 0 bridgehead atoms. The van der Waals surface area contributed by atoms with Crippen LogP contribution < -0.4 is 5.32 Å². The number of hydrogen-bond donors (Lipinski definition) is 1. The van der Waals surface area contributed by atoms with E-state index in [1.807, 2.05) is 48.5 Å². The number of carbonyl (C=O) groups excluding carboxylic acids is 1. The normalized spacial score (nSPS) is 17.5. The van der Waals surface area contributed by atoms with Gasteiger partial charge in [0.1, 0.15) is 0 Å². The fraction of sp³-hybridized carbons (Fsp3) is 0.292. The van der Waals surface area contributed by atoms with Crippen LogP contribution >= 0.6 is 0 Å². The molecule has 0 aromatic heterocycles. The van der Waals surface area contributed by atoms with Crippen molar-refractivity contribution in [2.24, 2.45) is 0 Å². The predicted molar refractivity (Wildman–Crippen MR) is 112 cm³/mol. The maximum absolute atomic E-state index is 12.6. The van der Waals surface area contributed by atoms with E-state index in [4.69, 9.17) is 4.74 Å². The highest BCUT2D eigenvalue weighted by Gasteiger charge is 2.21. The molecule has 0 aliphatic carbocycles. The zero-order valence-corrected chi connectivity index (χ0v) is 16.0. The number of amides is 1. The molecule has 3 aromatic rings. The number of benzene rings is 3. The van der Waals surface area contributed by atoms with Crippen molar-refractivity contribution in [1.29, 1.82) is 0 Å². The van der Waals surface area contributed by atoms with Crippen LogP contribution in [-0.4, -0.2) is 43.6 Å². The molecular formula is C24H26N2O2. The average Bonchev–Trinajstić information content (AvgIpc) is 2.77. The van der Waals surface area contributed by atoms with Crippen molar-refractivity contribution in [3.63, 3.8) is 0 Å². The molecule has 1 saturated heterocycles. The highest BCUT2D eigenvalue weighted by Crippen LogP contribution is 2.22. The molecule has 1 aliphatic heterocycles. The van der Waals surface area contributed by atoms with Crippen molar-refractivity contribution >= 4 is 16.7 Å². The third-order valence-electron chi connectivity index (χ3n) is 5.29. The van der Waals surface area contributed by atoms with Gasteiger partial charge in [0.2, 0.25) is 0 Å². The van der Waals surface area contributed by atoms with Crippen LogP contribution in [0, 0.1) is 0 Å². The van der Waals surface area contributed by atoms with E-state index in [9.17, 15) is 4.79 Å². The number of hydrogen-bond acceptors (Lipinski definition) is 3. The Labute approximate surface area is 166 Å². The van der Waals surface area contributed by atoms with Gasteiger partial charge in [-0.1, -0.05) is 66.7 Å². The van der Waals surface area contributed by atoms with Gasteiger partial charge in [-0.25, -0.2) is 0 Å². The summed E-state index contributed by atoms with van der Waals surface area (Å²) in [6.45, 7) is 4.24. The van der Waals surface area contributed by atoms with Crippen molar-refractivity contribution in [1.82, 2.24) is 10.2 Å². The first-order valence-corrected chi connectivity index (χ1v) is 9.96. The number of rotatable bonds is 6. The molecule has 0 unspecified atom stereocenters. The lowest BCUT2D eigenvalue weighted by molar-refractivity contribution is -0.0301. The molecule has 1 heterocycles. The van der Waals surface area contributed by atoms with E-state index in [0.717, 1.165) is 49.0 Å². The first-order chi connectivity index (χ1) is 13.8. The molecule has 0 spiro atoms. The Balaban J connectivity index is 1.27. The number of fused-ring (bicyclic) bond motifs is 1. The summed E-state index contributed by atoms with van der Waals surface area (Å²) in [6, 6.07) is 24.3. The number of morpholine rings is 1. The van der Waals surface area contributed by atoms with Gasteiger partial charge in [-0.15, -0.1) is 0 Å². The molecule has 1 N–H and O–H groups in total. The van der Waals surface area contributed by atoms with Crippen LogP contribution in [0.2, 0.25) is 0 Å². The monoisotopic (exact) mass is 374 g/mol. The van der Waals surface area contributed by atoms with Crippen molar-refractivity contribution in [2.75, 3.05) is 32.8 Å². The Morgan fingerprint density at radius 1 is 1.00 bits per heavy atom. The van der Waals surface area contributed by atoms with E-state index in [1.165, 1.54) is 5.56 Å². The summed E-state index contributed by atoms with van der Waals surface area (Å²) >= 11 is 0. The van der Waals surface area contributed by atoms with Crippen LogP contribution in [0.25, 0.3) is 10.8 Å². The quantitative estimate of drug-likeness (QED) is 0.662. The molecule has 1 atom stereocenters. The van der Waals surface area contributed by atoms with E-state index in [2.05, 4.69) is 34.5 Å². The predicted octanol–water partition coefficient (Wildman–Crippen LogP) is 4.03. The summed E-state index contributed by atoms with van der Waals surface area (Å²) < 4.78 is 5.93. The Morgan fingerprint density at radius 3 is 2.68 bits per heavy atom. The Hall–Kier alpha value is -2.69. The standard InChI is InChI=1S/C24H26N2O2/c27-24(22-13-6-11-19-8-4-5-12-21(19)22)25-14-7-15-26-16-17-28-23(18-26)20-9-2-1-3-10-20/h1-6,8-13,23H,7,14-18H2,(H,25,27)/t23-/m1/s1. The largest absolute Gasteiger partial charge is 0.371 e. The molecule has 4 nitrogen and oxygen atoms in total. The Kier molecular flexibility index (Phi) is 6.00. The second kappa shape index (κ2) is 9.00. The van der Waals surface area contributed by atoms with Gasteiger partial charge in [-0.3, -0.25) is 9.69 Å². The van der Waals surface area contributed by atoms with Crippen LogP contribution in [0.1, 0.15) is 28.4 Å². The molecule has 28 heavy (non-hydrogen) atoms. The first-order valence-electron chi connectivity index (χ1n) is 9.96. The summed E-state index contributed by atoms with van der Waals surface area (Å²) in [4.78, 5) is 15.0. The maximum atomic E-state index is 12.6. The number of nitrogens with zero attached hydrogens (tertiary/aromatic N) is 1. The molecule has 0 saturated carbocycles. The third-order valence-corrected chi connectivity index (χ3v) is 5.29. The second-order valence-electron chi connectivity index (χ2n) is 7.21. The maximum Gasteiger partial charge on any atom is 0.251 e. The van der Waals surface area contributed by atoms with Crippen molar-refractivity contribution in [2.45, 2.75) is 12.5 Å². The van der Waals surface area contributed by atoms with E-state index in [1.54, 1.807) is 0 Å². The molecule has 1 fully saturated rings. The van der Waals surface area contributed by atoms with Crippen LogP contribution in [-0.2, 0) is 4.74 Å². The molecular weight excluding hydrogens is 348 g/mol. The van der Waals surface area contributed by atoms with Gasteiger partial charge < -0.3 is 10.1 Å². The van der Waals surface area contributed by atoms with Crippen LogP contribution in [0.3, 0.4) is 0 Å². The van der Waals surface area contributed by atoms with Gasteiger partial charge in [0.25, 0.3) is 5.91 Å². The van der Waals surface area contributed by atoms with E-state index in [0.29, 0.717) is 6.54 Å². The summed E-state index contributed by atoms with van der Waals surface area (Å²) in [5.74, 6) is 0.000870. The van der Waals surface area contributed by atoms with Crippen LogP contribution in [0.4, 0.5) is 0 Å². The molecule has 1 amide bonds. The SMILES string of the molecule is O=C(NCCCN1CCO[C@@H](c2ccccc2)C1)c1cccc2ccccc12. The minimum atomic E-state index is 0.000870. The summed E-state index contributed by atoms with van der Waals surface area (Å²) in [5, 5.41) is 5.17. The molecule has 144 valence electrons. The van der Waals surface area contributed by atoms with Crippen molar-refractivity contribution < 1.29 is 9.53 Å². The van der Waals surface area contributed by atoms with Gasteiger partial charge in [-0.2, -0.15) is 0 Å². The molecule has 3 aromatic carbocycles. The lowest BCUT2D eigenvalue weighted by Crippen LogP contribution is -2.39. The minimum absolute atomic E-state index is 0.000870. The number of carbonyl (C=O) groups is 1. The fourth-order valence-corrected chi connectivity index (χ4v) is 3.80. The topological polar surface area (TPSA) is 41.6 Å². The zero-order valence-electron chi connectivity index (χ0n) is 16.0. The first kappa shape index (κ1) is 18.7. The Morgan fingerprint density at radius 2 is 1.79 bits per heavy atom. The molecule has 4 rings (SSSR count). The van der Waals surface area contributed by atoms with Crippen molar-refractivity contribution in [3.05, 3.63) is 83.9 Å². The Bertz CT molecular complexity index is 921. The van der Waals surface area contributed by atoms with E-state index >= 15 is 0 Å². The van der Waals surface area contributed by atoms with Crippen molar-refractivity contribution in [3.8, 4) is 0 Å². The van der Waals surface area contributed by atoms with Gasteiger partial charge in [0, 0.05) is 31.7 Å². The third kappa shape index (κ3) is 4.41. The summed E-state index contributed by atoms with van der Waals surface area (Å²) in [7, 11) is 0. The van der Waals surface area contributed by atoms with E-state index in [-0.39, 0.29) is 12.0 Å². The van der Waals surface area contributed by atoms with Gasteiger partial charge in [0.05, 0.1) is 12.7 Å². The summed E-state index contributed by atoms with van der Waals surface area (Å²) in [6.07, 6.45) is 1.07. The number of ether oxygens (including phenoxy) is 1. The number of nitrogens with one attached hydrogen (secondary N) is 1. The fourth-order valence-electron chi connectivity index (χ4n) is 3.80. The lowest BCUT2D eigenvalue weighted by atomic mass is 10.0. The lowest BCUT2D eigenvalue weighted by Gasteiger charge is -2.33. The van der Waals surface area contributed by atoms with Crippen LogP contribution in [0.15, 0.2) is 72.8 Å². The molecule has 1 aliphatic rings. The smallest absolute Gasteiger partial charge is 0.251 e. The second-order valence-corrected chi connectivity index (χ2v) is 7.21. The highest BCUT2D eigenvalue weighted by molar-refractivity contribution is 6.06. The minimum Gasteiger partial charge on any atom is -0.371 e. The average molecular weight is 374 g/mol. The molecule has 0 radical (unpaired) electrons. The highest BCUT2D eigenvalue weighted by atomic mass is 16.5. The summed E-state index contributed by atoms with van der Waals surface area (Å²) in [5.41, 5.74) is 1.98. The van der Waals surface area contributed by atoms with Gasteiger partial charge >= 0.3 is 0 Å². The van der Waals surface area contributed by atoms with Gasteiger partial charge in [-0.05, 0) is 28.8 Å². The van der Waals surface area contributed by atoms with Gasteiger partial charge in [0.15, 0.2) is 0 Å².